The molecule has 1 aliphatic rings. The van der Waals surface area contributed by atoms with Crippen LogP contribution in [0.5, 0.6) is 5.75 Å². The van der Waals surface area contributed by atoms with Gasteiger partial charge in [-0.2, -0.15) is 0 Å². The third kappa shape index (κ3) is 8.19. The van der Waals surface area contributed by atoms with Gasteiger partial charge in [0.15, 0.2) is 0 Å². The lowest BCUT2D eigenvalue weighted by molar-refractivity contribution is 0.123. The van der Waals surface area contributed by atoms with Crippen molar-refractivity contribution in [1.29, 1.82) is 0 Å². The van der Waals surface area contributed by atoms with E-state index >= 15 is 0 Å². The summed E-state index contributed by atoms with van der Waals surface area (Å²) in [5.74, 6) is -0.949. The zero-order valence-corrected chi connectivity index (χ0v) is 18.3. The van der Waals surface area contributed by atoms with Crippen molar-refractivity contribution in [2.75, 3.05) is 33.3 Å². The Bertz CT molecular complexity index is 631. The SMILES string of the molecule is CCN(CCO)CCCCCC1CCC(N(C)C(=O)Oc2cc(F)cc(F)c2)CC1. The minimum atomic E-state index is -0.767. The van der Waals surface area contributed by atoms with Crippen molar-refractivity contribution < 1.29 is 23.4 Å². The van der Waals surface area contributed by atoms with Gasteiger partial charge in [0.05, 0.1) is 6.61 Å². The lowest BCUT2D eigenvalue weighted by Gasteiger charge is -2.34. The number of aliphatic hydroxyl groups is 1. The molecule has 1 fully saturated rings. The first-order chi connectivity index (χ1) is 14.4. The van der Waals surface area contributed by atoms with E-state index in [1.54, 1.807) is 11.9 Å². The van der Waals surface area contributed by atoms with E-state index in [2.05, 4.69) is 11.8 Å². The summed E-state index contributed by atoms with van der Waals surface area (Å²) in [5, 5.41) is 9.03. The number of hydrogen-bond acceptors (Lipinski definition) is 4. The number of ether oxygens (including phenoxy) is 1. The molecule has 1 N–H and O–H groups in total. The van der Waals surface area contributed by atoms with E-state index in [1.807, 2.05) is 0 Å². The number of hydrogen-bond donors (Lipinski definition) is 1. The van der Waals surface area contributed by atoms with Crippen LogP contribution in [0.3, 0.4) is 0 Å². The summed E-state index contributed by atoms with van der Waals surface area (Å²) in [4.78, 5) is 16.2. The molecule has 0 aromatic heterocycles. The highest BCUT2D eigenvalue weighted by Gasteiger charge is 2.27. The standard InChI is InChI=1S/C23H36F2N2O3/c1-3-27(13-14-28)12-6-4-5-7-18-8-10-21(11-9-18)26(2)23(29)30-22-16-19(24)15-20(25)17-22/h15-18,21,28H,3-14H2,1-2H3. The van der Waals surface area contributed by atoms with Gasteiger partial charge in [-0.05, 0) is 51.1 Å². The number of benzene rings is 1. The van der Waals surface area contributed by atoms with Crippen molar-refractivity contribution in [3.05, 3.63) is 29.8 Å². The maximum absolute atomic E-state index is 13.3. The number of nitrogens with zero attached hydrogens (tertiary/aromatic N) is 2. The van der Waals surface area contributed by atoms with Crippen LogP contribution in [0.1, 0.15) is 58.3 Å². The molecule has 0 radical (unpaired) electrons. The topological polar surface area (TPSA) is 53.0 Å². The first kappa shape index (κ1) is 24.5. The summed E-state index contributed by atoms with van der Waals surface area (Å²) in [6.07, 6.45) is 8.25. The fourth-order valence-corrected chi connectivity index (χ4v) is 4.24. The summed E-state index contributed by atoms with van der Waals surface area (Å²) >= 11 is 0. The Kier molecular flexibility index (Phi) is 10.5. The fraction of sp³-hybridized carbons (Fsp3) is 0.696. The Labute approximate surface area is 179 Å². The maximum atomic E-state index is 13.3. The maximum Gasteiger partial charge on any atom is 0.415 e. The molecule has 0 saturated heterocycles. The molecule has 0 atom stereocenters. The Morgan fingerprint density at radius 2 is 1.73 bits per heavy atom. The fourth-order valence-electron chi connectivity index (χ4n) is 4.24. The van der Waals surface area contributed by atoms with Crippen molar-refractivity contribution in [3.8, 4) is 5.75 Å². The minimum absolute atomic E-state index is 0.101. The Hall–Kier alpha value is -1.73. The summed E-state index contributed by atoms with van der Waals surface area (Å²) < 4.78 is 31.7. The van der Waals surface area contributed by atoms with Gasteiger partial charge in [0.25, 0.3) is 0 Å². The average Bonchev–Trinajstić information content (AvgIpc) is 2.71. The molecule has 1 aliphatic carbocycles. The number of carbonyl (C=O) groups is 1. The Morgan fingerprint density at radius 3 is 2.33 bits per heavy atom. The number of halogens is 2. The minimum Gasteiger partial charge on any atom is -0.410 e. The van der Waals surface area contributed by atoms with Gasteiger partial charge in [-0.25, -0.2) is 13.6 Å². The van der Waals surface area contributed by atoms with Crippen molar-refractivity contribution in [3.63, 3.8) is 0 Å². The van der Waals surface area contributed by atoms with Crippen LogP contribution >= 0.6 is 0 Å². The number of amides is 1. The number of carbonyl (C=O) groups excluding carboxylic acids is 1. The van der Waals surface area contributed by atoms with Crippen LogP contribution in [-0.4, -0.2) is 60.3 Å². The molecule has 1 amide bonds. The van der Waals surface area contributed by atoms with Gasteiger partial charge in [0.2, 0.25) is 0 Å². The van der Waals surface area contributed by atoms with Crippen molar-refractivity contribution in [2.24, 2.45) is 5.92 Å². The molecule has 2 rings (SSSR count). The van der Waals surface area contributed by atoms with Gasteiger partial charge in [-0.15, -0.1) is 0 Å². The van der Waals surface area contributed by atoms with Gasteiger partial charge in [0.1, 0.15) is 17.4 Å². The van der Waals surface area contributed by atoms with E-state index in [-0.39, 0.29) is 18.4 Å². The molecule has 7 heteroatoms. The molecule has 1 aromatic carbocycles. The van der Waals surface area contributed by atoms with Crippen LogP contribution in [-0.2, 0) is 0 Å². The zero-order chi connectivity index (χ0) is 21.9. The van der Waals surface area contributed by atoms with E-state index < -0.39 is 17.7 Å². The quantitative estimate of drug-likeness (QED) is 0.515. The second-order valence-corrected chi connectivity index (χ2v) is 8.27. The lowest BCUT2D eigenvalue weighted by atomic mass is 9.82. The van der Waals surface area contributed by atoms with Gasteiger partial charge in [-0.1, -0.05) is 26.2 Å². The van der Waals surface area contributed by atoms with Crippen LogP contribution in [0.25, 0.3) is 0 Å². The van der Waals surface area contributed by atoms with E-state index in [4.69, 9.17) is 9.84 Å². The van der Waals surface area contributed by atoms with E-state index in [0.29, 0.717) is 5.92 Å². The molecular formula is C23H36F2N2O3. The predicted octanol–water partition coefficient (Wildman–Crippen LogP) is 4.83. The van der Waals surface area contributed by atoms with Crippen LogP contribution < -0.4 is 4.74 Å². The molecule has 0 bridgehead atoms. The molecule has 5 nitrogen and oxygen atoms in total. The molecule has 1 saturated carbocycles. The van der Waals surface area contributed by atoms with E-state index in [9.17, 15) is 13.6 Å². The lowest BCUT2D eigenvalue weighted by Crippen LogP contribution is -2.41. The average molecular weight is 427 g/mol. The monoisotopic (exact) mass is 426 g/mol. The van der Waals surface area contributed by atoms with Crippen molar-refractivity contribution in [1.82, 2.24) is 9.80 Å². The first-order valence-electron chi connectivity index (χ1n) is 11.2. The molecule has 170 valence electrons. The number of likely N-dealkylation sites (N-methyl/N-ethyl adjacent to an activating group) is 1. The van der Waals surface area contributed by atoms with Crippen molar-refractivity contribution in [2.45, 2.75) is 64.3 Å². The largest absolute Gasteiger partial charge is 0.415 e. The molecular weight excluding hydrogens is 390 g/mol. The number of unbranched alkanes of at least 4 members (excludes halogenated alkanes) is 2. The van der Waals surface area contributed by atoms with Gasteiger partial charge in [-0.3, -0.25) is 0 Å². The van der Waals surface area contributed by atoms with E-state index in [0.717, 1.165) is 63.5 Å². The van der Waals surface area contributed by atoms with Crippen LogP contribution in [0, 0.1) is 17.6 Å². The van der Waals surface area contributed by atoms with Gasteiger partial charge < -0.3 is 19.6 Å². The molecule has 0 aliphatic heterocycles. The zero-order valence-electron chi connectivity index (χ0n) is 18.3. The molecule has 0 spiro atoms. The van der Waals surface area contributed by atoms with Crippen molar-refractivity contribution >= 4 is 6.09 Å². The highest BCUT2D eigenvalue weighted by molar-refractivity contribution is 5.70. The van der Waals surface area contributed by atoms with Gasteiger partial charge >= 0.3 is 6.09 Å². The third-order valence-corrected chi connectivity index (χ3v) is 6.14. The highest BCUT2D eigenvalue weighted by atomic mass is 19.1. The van der Waals surface area contributed by atoms with E-state index in [1.165, 1.54) is 25.7 Å². The van der Waals surface area contributed by atoms with Gasteiger partial charge in [0, 0.05) is 37.8 Å². The highest BCUT2D eigenvalue weighted by Crippen LogP contribution is 2.31. The summed E-state index contributed by atoms with van der Waals surface area (Å²) in [5.41, 5.74) is 0. The Morgan fingerprint density at radius 1 is 1.07 bits per heavy atom. The first-order valence-corrected chi connectivity index (χ1v) is 11.2. The molecule has 30 heavy (non-hydrogen) atoms. The second-order valence-electron chi connectivity index (χ2n) is 8.27. The number of aliphatic hydroxyl groups excluding tert-OH is 1. The molecule has 0 heterocycles. The normalized spacial score (nSPS) is 19.1. The smallest absolute Gasteiger partial charge is 0.410 e. The predicted molar refractivity (Wildman–Crippen MR) is 114 cm³/mol. The summed E-state index contributed by atoms with van der Waals surface area (Å²) in [6, 6.07) is 2.87. The third-order valence-electron chi connectivity index (χ3n) is 6.14. The Balaban J connectivity index is 1.65. The van der Waals surface area contributed by atoms with Crippen LogP contribution in [0.2, 0.25) is 0 Å². The van der Waals surface area contributed by atoms with Crippen LogP contribution in [0.4, 0.5) is 13.6 Å². The molecule has 0 unspecified atom stereocenters. The second kappa shape index (κ2) is 12.8. The summed E-state index contributed by atoms with van der Waals surface area (Å²) in [6.45, 7) is 5.13. The van der Waals surface area contributed by atoms with Crippen LogP contribution in [0.15, 0.2) is 18.2 Å². The molecule has 1 aromatic rings. The summed E-state index contributed by atoms with van der Waals surface area (Å²) in [7, 11) is 1.69. The number of rotatable bonds is 11.